The zero-order valence-electron chi connectivity index (χ0n) is 10.4. The average molecular weight is 242 g/mol. The number of pyridine rings is 1. The van der Waals surface area contributed by atoms with Gasteiger partial charge in [0.05, 0.1) is 12.0 Å². The molecule has 18 heavy (non-hydrogen) atoms. The highest BCUT2D eigenvalue weighted by molar-refractivity contribution is 5.11. The number of hydrogen-bond donors (Lipinski definition) is 1. The Labute approximate surface area is 107 Å². The highest BCUT2D eigenvalue weighted by atomic mass is 15.1. The third kappa shape index (κ3) is 2.43. The van der Waals surface area contributed by atoms with Crippen molar-refractivity contribution in [2.75, 3.05) is 6.54 Å². The lowest BCUT2D eigenvalue weighted by molar-refractivity contribution is 0.563. The first-order valence-corrected chi connectivity index (χ1v) is 6.56. The van der Waals surface area contributed by atoms with Crippen molar-refractivity contribution < 1.29 is 0 Å². The molecule has 2 aromatic rings. The smallest absolute Gasteiger partial charge is 0.0948 e. The maximum Gasteiger partial charge on any atom is 0.0948 e. The standard InChI is InChI=1S/C14H18N4/c1-3-12(9-15-6-1)5-8-18-11-16-10-14(18)13-4-2-7-17-13/h1,3,6,9-11,13,17H,2,4-5,7-8H2. The molecule has 0 saturated carbocycles. The first-order chi connectivity index (χ1) is 8.93. The van der Waals surface area contributed by atoms with E-state index in [9.17, 15) is 0 Å². The van der Waals surface area contributed by atoms with E-state index in [0.29, 0.717) is 6.04 Å². The van der Waals surface area contributed by atoms with Gasteiger partial charge in [-0.2, -0.15) is 0 Å². The van der Waals surface area contributed by atoms with Crippen molar-refractivity contribution in [2.45, 2.75) is 31.8 Å². The van der Waals surface area contributed by atoms with E-state index in [0.717, 1.165) is 19.5 Å². The van der Waals surface area contributed by atoms with E-state index in [1.165, 1.54) is 24.1 Å². The van der Waals surface area contributed by atoms with Gasteiger partial charge in [0.2, 0.25) is 0 Å². The second-order valence-electron chi connectivity index (χ2n) is 4.77. The second-order valence-corrected chi connectivity index (χ2v) is 4.77. The van der Waals surface area contributed by atoms with Crippen molar-refractivity contribution in [3.8, 4) is 0 Å². The zero-order valence-corrected chi connectivity index (χ0v) is 10.4. The van der Waals surface area contributed by atoms with Gasteiger partial charge in [0, 0.05) is 31.2 Å². The Kier molecular flexibility index (Phi) is 3.37. The molecule has 1 saturated heterocycles. The van der Waals surface area contributed by atoms with Crippen molar-refractivity contribution >= 4 is 0 Å². The summed E-state index contributed by atoms with van der Waals surface area (Å²) in [6, 6.07) is 4.60. The Morgan fingerprint density at radius 1 is 1.33 bits per heavy atom. The van der Waals surface area contributed by atoms with Gasteiger partial charge in [0.15, 0.2) is 0 Å². The van der Waals surface area contributed by atoms with Gasteiger partial charge in [-0.25, -0.2) is 4.98 Å². The van der Waals surface area contributed by atoms with Crippen LogP contribution >= 0.6 is 0 Å². The third-order valence-corrected chi connectivity index (χ3v) is 3.53. The average Bonchev–Trinajstić information content (AvgIpc) is 3.08. The summed E-state index contributed by atoms with van der Waals surface area (Å²) in [7, 11) is 0. The van der Waals surface area contributed by atoms with Gasteiger partial charge in [0.1, 0.15) is 0 Å². The van der Waals surface area contributed by atoms with Gasteiger partial charge in [0.25, 0.3) is 0 Å². The molecule has 1 aliphatic heterocycles. The van der Waals surface area contributed by atoms with E-state index in [1.54, 1.807) is 0 Å². The molecule has 0 aromatic carbocycles. The van der Waals surface area contributed by atoms with Crippen LogP contribution in [-0.4, -0.2) is 21.1 Å². The number of hydrogen-bond acceptors (Lipinski definition) is 3. The van der Waals surface area contributed by atoms with Crippen LogP contribution in [0.1, 0.15) is 30.1 Å². The Morgan fingerprint density at radius 2 is 2.33 bits per heavy atom. The zero-order chi connectivity index (χ0) is 12.2. The highest BCUT2D eigenvalue weighted by Crippen LogP contribution is 2.22. The fraction of sp³-hybridized carbons (Fsp3) is 0.429. The number of nitrogens with zero attached hydrogens (tertiary/aromatic N) is 3. The van der Waals surface area contributed by atoms with Crippen LogP contribution in [0.15, 0.2) is 37.1 Å². The summed E-state index contributed by atoms with van der Waals surface area (Å²) in [4.78, 5) is 8.43. The molecule has 2 aromatic heterocycles. The van der Waals surface area contributed by atoms with Crippen LogP contribution in [0.2, 0.25) is 0 Å². The van der Waals surface area contributed by atoms with E-state index in [2.05, 4.69) is 25.9 Å². The quantitative estimate of drug-likeness (QED) is 0.891. The molecule has 1 N–H and O–H groups in total. The van der Waals surface area contributed by atoms with Crippen molar-refractivity contribution in [2.24, 2.45) is 0 Å². The highest BCUT2D eigenvalue weighted by Gasteiger charge is 2.19. The van der Waals surface area contributed by atoms with Gasteiger partial charge in [-0.3, -0.25) is 4.98 Å². The van der Waals surface area contributed by atoms with Crippen LogP contribution in [0.3, 0.4) is 0 Å². The predicted molar refractivity (Wildman–Crippen MR) is 70.1 cm³/mol. The lowest BCUT2D eigenvalue weighted by atomic mass is 10.1. The lowest BCUT2D eigenvalue weighted by Crippen LogP contribution is -2.17. The molecule has 94 valence electrons. The predicted octanol–water partition coefficient (Wildman–Crippen LogP) is 1.95. The van der Waals surface area contributed by atoms with E-state index in [-0.39, 0.29) is 0 Å². The van der Waals surface area contributed by atoms with Crippen LogP contribution in [0, 0.1) is 0 Å². The molecule has 1 fully saturated rings. The second kappa shape index (κ2) is 5.31. The van der Waals surface area contributed by atoms with E-state index < -0.39 is 0 Å². The number of aromatic nitrogens is 3. The molecule has 0 bridgehead atoms. The molecule has 1 aliphatic rings. The Balaban J connectivity index is 1.68. The minimum atomic E-state index is 0.487. The molecule has 0 aliphatic carbocycles. The van der Waals surface area contributed by atoms with Crippen molar-refractivity contribution in [1.82, 2.24) is 19.9 Å². The number of rotatable bonds is 4. The maximum atomic E-state index is 4.29. The molecule has 3 rings (SSSR count). The normalized spacial score (nSPS) is 19.2. The summed E-state index contributed by atoms with van der Waals surface area (Å²) in [5, 5.41) is 3.52. The fourth-order valence-corrected chi connectivity index (χ4v) is 2.54. The number of aryl methyl sites for hydroxylation is 2. The first kappa shape index (κ1) is 11.4. The molecule has 0 spiro atoms. The Bertz CT molecular complexity index is 486. The Morgan fingerprint density at radius 3 is 3.11 bits per heavy atom. The molecule has 4 nitrogen and oxygen atoms in total. The minimum Gasteiger partial charge on any atom is -0.333 e. The van der Waals surface area contributed by atoms with Crippen LogP contribution in [0.5, 0.6) is 0 Å². The monoisotopic (exact) mass is 242 g/mol. The van der Waals surface area contributed by atoms with E-state index >= 15 is 0 Å². The lowest BCUT2D eigenvalue weighted by Gasteiger charge is -2.13. The van der Waals surface area contributed by atoms with Gasteiger partial charge in [-0.15, -0.1) is 0 Å². The minimum absolute atomic E-state index is 0.487. The van der Waals surface area contributed by atoms with Gasteiger partial charge in [-0.1, -0.05) is 6.07 Å². The van der Waals surface area contributed by atoms with Crippen molar-refractivity contribution in [1.29, 1.82) is 0 Å². The molecule has 0 radical (unpaired) electrons. The van der Waals surface area contributed by atoms with Crippen molar-refractivity contribution in [3.63, 3.8) is 0 Å². The number of imidazole rings is 1. The molecule has 0 amide bonds. The van der Waals surface area contributed by atoms with Crippen LogP contribution in [0.4, 0.5) is 0 Å². The maximum absolute atomic E-state index is 4.29. The fourth-order valence-electron chi connectivity index (χ4n) is 2.54. The Hall–Kier alpha value is -1.68. The topological polar surface area (TPSA) is 42.7 Å². The summed E-state index contributed by atoms with van der Waals surface area (Å²) < 4.78 is 2.26. The van der Waals surface area contributed by atoms with Gasteiger partial charge < -0.3 is 9.88 Å². The van der Waals surface area contributed by atoms with Crippen LogP contribution < -0.4 is 5.32 Å². The molecule has 3 heterocycles. The molecule has 1 atom stereocenters. The molecule has 4 heteroatoms. The largest absolute Gasteiger partial charge is 0.333 e. The summed E-state index contributed by atoms with van der Waals surface area (Å²) in [5.41, 5.74) is 2.59. The summed E-state index contributed by atoms with van der Waals surface area (Å²) in [6.45, 7) is 2.09. The van der Waals surface area contributed by atoms with E-state index in [1.807, 2.05) is 31.0 Å². The van der Waals surface area contributed by atoms with Crippen LogP contribution in [0.25, 0.3) is 0 Å². The SMILES string of the molecule is c1cncc(CCn2cncc2C2CCCN2)c1. The van der Waals surface area contributed by atoms with Crippen LogP contribution in [-0.2, 0) is 13.0 Å². The third-order valence-electron chi connectivity index (χ3n) is 3.53. The van der Waals surface area contributed by atoms with Gasteiger partial charge >= 0.3 is 0 Å². The van der Waals surface area contributed by atoms with E-state index in [4.69, 9.17) is 0 Å². The van der Waals surface area contributed by atoms with Gasteiger partial charge in [-0.05, 0) is 37.4 Å². The summed E-state index contributed by atoms with van der Waals surface area (Å²) >= 11 is 0. The molecule has 1 unspecified atom stereocenters. The first-order valence-electron chi connectivity index (χ1n) is 6.56. The number of nitrogens with one attached hydrogen (secondary N) is 1. The molecular weight excluding hydrogens is 224 g/mol. The molecular formula is C14H18N4. The summed E-state index contributed by atoms with van der Waals surface area (Å²) in [5.74, 6) is 0. The summed E-state index contributed by atoms with van der Waals surface area (Å²) in [6.07, 6.45) is 11.2. The van der Waals surface area contributed by atoms with Crippen molar-refractivity contribution in [3.05, 3.63) is 48.3 Å².